The molecule has 0 aliphatic rings. The smallest absolute Gasteiger partial charge is 0.192 e. The highest BCUT2D eigenvalue weighted by molar-refractivity contribution is 7.09. The van der Waals surface area contributed by atoms with Gasteiger partial charge in [0.15, 0.2) is 16.6 Å². The maximum absolute atomic E-state index is 14.3. The lowest BCUT2D eigenvalue weighted by Gasteiger charge is -2.45. The third-order valence-corrected chi connectivity index (χ3v) is 21.4. The zero-order chi connectivity index (χ0) is 38.9. The van der Waals surface area contributed by atoms with Crippen molar-refractivity contribution < 1.29 is 23.9 Å². The van der Waals surface area contributed by atoms with Gasteiger partial charge in [-0.15, -0.1) is 11.3 Å². The van der Waals surface area contributed by atoms with Crippen molar-refractivity contribution in [2.75, 3.05) is 6.61 Å². The number of thiazole rings is 1. The van der Waals surface area contributed by atoms with Gasteiger partial charge in [0.2, 0.25) is 0 Å². The van der Waals surface area contributed by atoms with E-state index >= 15 is 0 Å². The van der Waals surface area contributed by atoms with Crippen LogP contribution < -0.4 is 0 Å². The molecule has 9 heteroatoms. The predicted molar refractivity (Wildman–Crippen MR) is 221 cm³/mol. The normalized spacial score (nSPS) is 17.4. The molecule has 0 saturated heterocycles. The Morgan fingerprint density at radius 1 is 0.960 bits per heavy atom. The number of rotatable bonds is 21. The molecule has 2 N–H and O–H groups in total. The van der Waals surface area contributed by atoms with E-state index in [2.05, 4.69) is 118 Å². The molecule has 0 radical (unpaired) electrons. The van der Waals surface area contributed by atoms with Crippen molar-refractivity contribution in [3.05, 3.63) is 33.3 Å². The van der Waals surface area contributed by atoms with Gasteiger partial charge in [-0.1, -0.05) is 87.3 Å². The summed E-state index contributed by atoms with van der Waals surface area (Å²) in [5.74, 6) is -0.0887. The van der Waals surface area contributed by atoms with Crippen LogP contribution in [0.5, 0.6) is 0 Å². The highest BCUT2D eigenvalue weighted by Gasteiger charge is 2.47. The van der Waals surface area contributed by atoms with Crippen molar-refractivity contribution in [1.29, 1.82) is 0 Å². The number of carbonyl (C=O) groups excluding carboxylic acids is 1. The summed E-state index contributed by atoms with van der Waals surface area (Å²) in [7, 11) is -4.22. The van der Waals surface area contributed by atoms with Gasteiger partial charge in [0.1, 0.15) is 5.78 Å². The van der Waals surface area contributed by atoms with Gasteiger partial charge in [-0.2, -0.15) is 0 Å². The molecule has 1 aromatic rings. The molecule has 0 aromatic carbocycles. The van der Waals surface area contributed by atoms with Crippen LogP contribution in [0.15, 0.2) is 22.6 Å². The Labute approximate surface area is 314 Å². The molecule has 290 valence electrons. The van der Waals surface area contributed by atoms with E-state index in [4.69, 9.17) is 8.85 Å². The number of allylic oxidation sites excluding steroid dienone is 1. The van der Waals surface area contributed by atoms with Gasteiger partial charge in [-0.05, 0) is 113 Å². The lowest BCUT2D eigenvalue weighted by molar-refractivity contribution is -0.142. The van der Waals surface area contributed by atoms with Crippen LogP contribution in [0.3, 0.4) is 0 Å². The number of hydrogen-bond acceptors (Lipinski definition) is 7. The summed E-state index contributed by atoms with van der Waals surface area (Å²) in [6.45, 7) is 37.2. The largest absolute Gasteiger partial charge is 0.413 e. The molecule has 0 aliphatic heterocycles. The molecule has 50 heavy (non-hydrogen) atoms. The summed E-state index contributed by atoms with van der Waals surface area (Å²) >= 11 is 1.68. The first-order valence-corrected chi connectivity index (χ1v) is 25.9. The third kappa shape index (κ3) is 13.8. The Balaban J connectivity index is 3.28. The molecule has 0 unspecified atom stereocenters. The topological polar surface area (TPSA) is 88.9 Å². The Hall–Kier alpha value is -0.946. The van der Waals surface area contributed by atoms with Crippen LogP contribution >= 0.6 is 11.3 Å². The minimum absolute atomic E-state index is 0.000470. The van der Waals surface area contributed by atoms with Gasteiger partial charge < -0.3 is 19.1 Å². The average molecular weight is 752 g/mol. The van der Waals surface area contributed by atoms with E-state index in [0.717, 1.165) is 49.2 Å². The van der Waals surface area contributed by atoms with E-state index in [-0.39, 0.29) is 52.9 Å². The summed E-state index contributed by atoms with van der Waals surface area (Å²) in [5.41, 5.74) is 2.60. The molecule has 0 saturated carbocycles. The van der Waals surface area contributed by atoms with Crippen LogP contribution in [-0.2, 0) is 13.6 Å². The highest BCUT2D eigenvalue weighted by atomic mass is 32.1. The van der Waals surface area contributed by atoms with Crippen molar-refractivity contribution >= 4 is 39.8 Å². The molecule has 1 aromatic heterocycles. The number of aliphatic hydroxyl groups is 2. The Morgan fingerprint density at radius 3 is 2.00 bits per heavy atom. The van der Waals surface area contributed by atoms with E-state index in [1.54, 1.807) is 11.3 Å². The molecule has 0 bridgehead atoms. The molecular weight excluding hydrogens is 675 g/mol. The van der Waals surface area contributed by atoms with E-state index in [1.807, 2.05) is 20.8 Å². The van der Waals surface area contributed by atoms with E-state index < -0.39 is 28.2 Å². The van der Waals surface area contributed by atoms with E-state index in [0.29, 0.717) is 0 Å². The minimum atomic E-state index is -2.21. The fourth-order valence-electron chi connectivity index (χ4n) is 5.90. The molecular formula is C41H77NO5SSi2. The standard InChI is InChI=1S/C41H77NO5SSi2/c1-18-20-34(38(45)41(12,13)36(44)25-26-43)37(47-50(16,17)40(9,10)11)30(3)22-19-21-29(2)23-24-35(46-49(14,15)39(6,7)8)31(4)27-33-28-48-32(5)42-33/h23,27-28,30,34-37,43-44H,18-22,24-26H2,1-17H3/b29-23-,31-27+/t30-,34+,35-,36-,37-/m0/s1. The second kappa shape index (κ2) is 19.4. The molecule has 0 amide bonds. The fourth-order valence-corrected chi connectivity index (χ4v) is 9.25. The molecule has 0 fully saturated rings. The van der Waals surface area contributed by atoms with Gasteiger partial charge in [0.25, 0.3) is 0 Å². The lowest BCUT2D eigenvalue weighted by atomic mass is 9.71. The highest BCUT2D eigenvalue weighted by Crippen LogP contribution is 2.43. The maximum atomic E-state index is 14.3. The van der Waals surface area contributed by atoms with Crippen molar-refractivity contribution in [3.63, 3.8) is 0 Å². The zero-order valence-corrected chi connectivity index (χ0v) is 38.1. The van der Waals surface area contributed by atoms with Crippen LogP contribution in [0.4, 0.5) is 0 Å². The van der Waals surface area contributed by atoms with Crippen LogP contribution in [0.2, 0.25) is 36.3 Å². The second-order valence-corrected chi connectivity index (χ2v) is 29.1. The van der Waals surface area contributed by atoms with Gasteiger partial charge in [0, 0.05) is 23.3 Å². The summed E-state index contributed by atoms with van der Waals surface area (Å²) in [6, 6.07) is 0. The summed E-state index contributed by atoms with van der Waals surface area (Å²) in [5, 5.41) is 23.8. The van der Waals surface area contributed by atoms with Crippen LogP contribution in [0, 0.1) is 24.2 Å². The Morgan fingerprint density at radius 2 is 1.52 bits per heavy atom. The Kier molecular flexibility index (Phi) is 18.3. The number of aryl methyl sites for hydroxylation is 1. The number of aromatic nitrogens is 1. The lowest BCUT2D eigenvalue weighted by Crippen LogP contribution is -2.52. The van der Waals surface area contributed by atoms with Crippen LogP contribution in [0.1, 0.15) is 139 Å². The average Bonchev–Trinajstić information content (AvgIpc) is 3.39. The summed E-state index contributed by atoms with van der Waals surface area (Å²) < 4.78 is 14.2. The van der Waals surface area contributed by atoms with Gasteiger partial charge >= 0.3 is 0 Å². The molecule has 0 aliphatic carbocycles. The van der Waals surface area contributed by atoms with Crippen LogP contribution in [0.25, 0.3) is 6.08 Å². The number of hydrogen-bond donors (Lipinski definition) is 2. The number of aliphatic hydroxyl groups excluding tert-OH is 2. The van der Waals surface area contributed by atoms with E-state index in [1.165, 1.54) is 11.1 Å². The number of Topliss-reactive ketones (excluding diaryl/α,β-unsaturated/α-hetero) is 1. The molecule has 6 nitrogen and oxygen atoms in total. The van der Waals surface area contributed by atoms with Crippen molar-refractivity contribution in [1.82, 2.24) is 4.98 Å². The fraction of sp³-hybridized carbons (Fsp3) is 0.805. The molecule has 1 heterocycles. The van der Waals surface area contributed by atoms with Crippen molar-refractivity contribution in [2.24, 2.45) is 17.3 Å². The quantitative estimate of drug-likeness (QED) is 0.0960. The Bertz CT molecular complexity index is 1250. The number of carbonyl (C=O) groups is 1. The van der Waals surface area contributed by atoms with Gasteiger partial charge in [-0.3, -0.25) is 4.79 Å². The van der Waals surface area contributed by atoms with Crippen molar-refractivity contribution in [3.8, 4) is 0 Å². The number of nitrogens with zero attached hydrogens (tertiary/aromatic N) is 1. The predicted octanol–water partition coefficient (Wildman–Crippen LogP) is 11.5. The first kappa shape index (κ1) is 47.1. The SMILES string of the molecule is CCC[C@@H](C(=O)C(C)(C)[C@@H](O)CCO)[C@@H](O[Si](C)(C)C(C)(C)C)[C@@H](C)CCC/C(C)=C\C[C@H](O[Si](C)(C)C(C)(C)C)/C(C)=C/c1csc(C)n1. The van der Waals surface area contributed by atoms with Gasteiger partial charge in [0.05, 0.1) is 29.0 Å². The molecule has 5 atom stereocenters. The summed E-state index contributed by atoms with van der Waals surface area (Å²) in [6.07, 6.45) is 8.96. The van der Waals surface area contributed by atoms with Crippen LogP contribution in [-0.4, -0.2) is 62.5 Å². The maximum Gasteiger partial charge on any atom is 0.192 e. The summed E-state index contributed by atoms with van der Waals surface area (Å²) in [4.78, 5) is 19.0. The molecule has 0 spiro atoms. The third-order valence-electron chi connectivity index (χ3n) is 11.7. The van der Waals surface area contributed by atoms with Gasteiger partial charge in [-0.25, -0.2) is 4.98 Å². The second-order valence-electron chi connectivity index (χ2n) is 18.6. The van der Waals surface area contributed by atoms with Crippen molar-refractivity contribution in [2.45, 2.75) is 190 Å². The first-order valence-electron chi connectivity index (χ1n) is 19.2. The first-order chi connectivity index (χ1) is 22.7. The zero-order valence-electron chi connectivity index (χ0n) is 35.3. The molecule has 1 rings (SSSR count). The number of ketones is 1. The minimum Gasteiger partial charge on any atom is -0.413 e. The van der Waals surface area contributed by atoms with E-state index in [9.17, 15) is 15.0 Å². The monoisotopic (exact) mass is 752 g/mol.